The van der Waals surface area contributed by atoms with Crippen LogP contribution in [0, 0.1) is 11.8 Å². The van der Waals surface area contributed by atoms with Crippen molar-refractivity contribution in [1.29, 1.82) is 0 Å². The van der Waals surface area contributed by atoms with Gasteiger partial charge < -0.3 is 31.4 Å². The zero-order valence-electron chi connectivity index (χ0n) is 53.0. The Morgan fingerprint density at radius 2 is 0.641 bits per heavy atom. The molecule has 2 aliphatic rings. The number of Topliss-reactive ketones (excluding diaryl/α,β-unsaturated/α-hetero) is 3. The number of benzene rings is 9. The highest BCUT2D eigenvalue weighted by atomic mass is 16.5. The molecule has 3 atom stereocenters. The maximum atomic E-state index is 13.0. The van der Waals surface area contributed by atoms with Crippen molar-refractivity contribution in [2.75, 3.05) is 19.6 Å². The molecule has 12 nitrogen and oxygen atoms in total. The second-order valence-electron chi connectivity index (χ2n) is 24.5. The average molecular weight is 1230 g/mol. The molecule has 0 bridgehead atoms. The van der Waals surface area contributed by atoms with E-state index >= 15 is 0 Å². The van der Waals surface area contributed by atoms with E-state index in [1.165, 1.54) is 17.2 Å². The van der Waals surface area contributed by atoms with Crippen LogP contribution in [0.2, 0.25) is 0 Å². The van der Waals surface area contributed by atoms with Gasteiger partial charge in [-0.05, 0) is 114 Å². The second-order valence-corrected chi connectivity index (χ2v) is 24.5. The largest absolute Gasteiger partial charge is 0.461 e. The summed E-state index contributed by atoms with van der Waals surface area (Å²) in [6.07, 6.45) is 11.7. The molecule has 2 aliphatic carbocycles. The number of fused-ring (bicyclic) bond motifs is 3. The van der Waals surface area contributed by atoms with Crippen LogP contribution < -0.4 is 17.2 Å². The molecule has 0 radical (unpaired) electrons. The highest BCUT2D eigenvalue weighted by Crippen LogP contribution is 2.29. The summed E-state index contributed by atoms with van der Waals surface area (Å²) in [6.45, 7) is 3.53. The minimum atomic E-state index is -0.349. The molecule has 2 fully saturated rings. The van der Waals surface area contributed by atoms with Gasteiger partial charge in [0.15, 0.2) is 0 Å². The van der Waals surface area contributed by atoms with Crippen LogP contribution in [-0.2, 0) is 82.1 Å². The third-order valence-electron chi connectivity index (χ3n) is 17.8. The SMILES string of the molecule is CCCC(=O)OCc1ccc(C(CN)C(=O)Cc2ccc3ccccc3c2)cc1.NCC(C(=O)Cc1ccc2ccccc2c1)c1ccc(COC(=O)C2CCCC2)cc1.NCC(C(=O)Cc1ccc2ccccc2c1)c1ccc(COC(=O)C2CCCCC2)cc1. The van der Waals surface area contributed by atoms with Crippen LogP contribution in [0.4, 0.5) is 0 Å². The summed E-state index contributed by atoms with van der Waals surface area (Å²) < 4.78 is 16.2. The number of rotatable bonds is 25. The Morgan fingerprint density at radius 3 is 0.946 bits per heavy atom. The van der Waals surface area contributed by atoms with E-state index in [4.69, 9.17) is 31.4 Å². The molecular weight excluding hydrogens is 1150 g/mol. The molecule has 11 rings (SSSR count). The standard InChI is InChI=1S/C28H31NO3.C27H29NO3.C25H27NO3/c29-18-26(27(30)17-21-12-13-22-6-4-5-9-25(22)16-21)23-14-10-20(11-15-23)19-32-28(31)24-7-2-1-3-8-24;28-17-25(26(29)16-20-11-12-21-5-1-4-8-24(21)15-20)22-13-9-19(10-14-22)18-31-27(30)23-6-2-3-7-23;1-2-5-25(28)29-17-18-8-12-21(13-9-18)23(16-26)24(27)15-19-10-11-20-6-3-4-7-22(20)14-19/h4-6,9-16,24,26H,1-3,7-8,17-19,29H2;1,4-5,8-15,23,25H,2-3,6-7,16-18,28H2;3-4,6-14,23H,2,5,15-17,26H2,1H3. The lowest BCUT2D eigenvalue weighted by atomic mass is 9.89. The van der Waals surface area contributed by atoms with Gasteiger partial charge in [-0.15, -0.1) is 0 Å². The van der Waals surface area contributed by atoms with E-state index in [-0.39, 0.29) is 104 Å². The summed E-state index contributed by atoms with van der Waals surface area (Å²) in [6, 6.07) is 65.8. The highest BCUT2D eigenvalue weighted by Gasteiger charge is 2.26. The molecular formula is C80H87N3O9. The maximum absolute atomic E-state index is 13.0. The van der Waals surface area contributed by atoms with Crippen molar-refractivity contribution in [2.45, 2.75) is 134 Å². The number of ketones is 3. The topological polar surface area (TPSA) is 208 Å². The van der Waals surface area contributed by atoms with Crippen LogP contribution >= 0.6 is 0 Å². The van der Waals surface area contributed by atoms with Crippen LogP contribution in [0.15, 0.2) is 200 Å². The van der Waals surface area contributed by atoms with Crippen LogP contribution in [0.5, 0.6) is 0 Å². The predicted molar refractivity (Wildman–Crippen MR) is 366 cm³/mol. The fourth-order valence-electron chi connectivity index (χ4n) is 12.4. The number of hydrogen-bond acceptors (Lipinski definition) is 12. The van der Waals surface area contributed by atoms with Gasteiger partial charge in [-0.2, -0.15) is 0 Å². The van der Waals surface area contributed by atoms with Crippen LogP contribution in [0.3, 0.4) is 0 Å². The van der Waals surface area contributed by atoms with Crippen molar-refractivity contribution in [2.24, 2.45) is 29.0 Å². The molecule has 6 N–H and O–H groups in total. The Balaban J connectivity index is 0.000000163. The Bertz CT molecular complexity index is 3910. The molecule has 0 saturated heterocycles. The van der Waals surface area contributed by atoms with E-state index < -0.39 is 0 Å². The normalized spacial score (nSPS) is 14.2. The molecule has 2 saturated carbocycles. The Kier molecular flexibility index (Phi) is 25.3. The molecule has 0 amide bonds. The van der Waals surface area contributed by atoms with Gasteiger partial charge in [-0.1, -0.05) is 239 Å². The van der Waals surface area contributed by atoms with E-state index in [1.807, 2.05) is 140 Å². The molecule has 92 heavy (non-hydrogen) atoms. The first-order valence-electron chi connectivity index (χ1n) is 32.7. The van der Waals surface area contributed by atoms with Crippen LogP contribution in [0.1, 0.15) is 145 Å². The zero-order chi connectivity index (χ0) is 64.6. The first kappa shape index (κ1) is 67.5. The minimum absolute atomic E-state index is 0.0531. The van der Waals surface area contributed by atoms with Crippen molar-refractivity contribution >= 4 is 67.6 Å². The Morgan fingerprint density at radius 1 is 0.359 bits per heavy atom. The van der Waals surface area contributed by atoms with Crippen molar-refractivity contribution in [3.63, 3.8) is 0 Å². The van der Waals surface area contributed by atoms with Gasteiger partial charge in [0.25, 0.3) is 0 Å². The lowest BCUT2D eigenvalue weighted by Gasteiger charge is -2.20. The summed E-state index contributed by atoms with van der Waals surface area (Å²) in [5, 5.41) is 6.89. The Hall–Kier alpha value is -8.94. The summed E-state index contributed by atoms with van der Waals surface area (Å²) in [7, 11) is 0. The number of carbonyl (C=O) groups is 6. The van der Waals surface area contributed by atoms with Gasteiger partial charge >= 0.3 is 17.9 Å². The quantitative estimate of drug-likeness (QED) is 0.0361. The third kappa shape index (κ3) is 19.3. The van der Waals surface area contributed by atoms with E-state index in [1.54, 1.807) is 0 Å². The van der Waals surface area contributed by atoms with Gasteiger partial charge in [0.05, 0.1) is 29.6 Å². The van der Waals surface area contributed by atoms with Crippen LogP contribution in [-0.4, -0.2) is 54.9 Å². The number of carbonyl (C=O) groups excluding carboxylic acids is 6. The average Bonchev–Trinajstić information content (AvgIpc) is 1.66. The van der Waals surface area contributed by atoms with Crippen molar-refractivity contribution in [1.82, 2.24) is 0 Å². The number of hydrogen-bond donors (Lipinski definition) is 3. The fraction of sp³-hybridized carbons (Fsp3) is 0.325. The molecule has 9 aromatic rings. The summed E-state index contributed by atoms with van der Waals surface area (Å²) in [4.78, 5) is 74.7. The molecule has 0 aromatic heterocycles. The Labute approximate surface area is 541 Å². The number of nitrogens with two attached hydrogens (primary N) is 3. The van der Waals surface area contributed by atoms with Gasteiger partial charge in [-0.3, -0.25) is 28.8 Å². The lowest BCUT2D eigenvalue weighted by molar-refractivity contribution is -0.151. The minimum Gasteiger partial charge on any atom is -0.461 e. The molecule has 9 aromatic carbocycles. The van der Waals surface area contributed by atoms with E-state index in [9.17, 15) is 28.8 Å². The van der Waals surface area contributed by atoms with E-state index in [2.05, 4.69) is 66.7 Å². The smallest absolute Gasteiger partial charge is 0.309 e. The first-order valence-corrected chi connectivity index (χ1v) is 32.7. The molecule has 12 heteroatoms. The molecule has 0 heterocycles. The summed E-state index contributed by atoms with van der Waals surface area (Å²) in [5.41, 5.74) is 26.3. The maximum Gasteiger partial charge on any atom is 0.309 e. The third-order valence-corrected chi connectivity index (χ3v) is 17.8. The van der Waals surface area contributed by atoms with Crippen molar-refractivity contribution < 1.29 is 43.0 Å². The van der Waals surface area contributed by atoms with Crippen LogP contribution in [0.25, 0.3) is 32.3 Å². The molecule has 0 aliphatic heterocycles. The molecule has 476 valence electrons. The number of ether oxygens (including phenoxy) is 3. The molecule has 3 unspecified atom stereocenters. The van der Waals surface area contributed by atoms with Gasteiger partial charge in [0.1, 0.15) is 37.2 Å². The monoisotopic (exact) mass is 1230 g/mol. The van der Waals surface area contributed by atoms with Crippen molar-refractivity contribution in [3.05, 3.63) is 250 Å². The fourth-order valence-corrected chi connectivity index (χ4v) is 12.4. The second kappa shape index (κ2) is 34.5. The number of esters is 3. The van der Waals surface area contributed by atoms with Crippen molar-refractivity contribution in [3.8, 4) is 0 Å². The summed E-state index contributed by atoms with van der Waals surface area (Å²) >= 11 is 0. The van der Waals surface area contributed by atoms with Gasteiger partial charge in [-0.25, -0.2) is 0 Å². The van der Waals surface area contributed by atoms with Gasteiger partial charge in [0.2, 0.25) is 0 Å². The predicted octanol–water partition coefficient (Wildman–Crippen LogP) is 14.8. The van der Waals surface area contributed by atoms with Gasteiger partial charge in [0, 0.05) is 45.3 Å². The lowest BCUT2D eigenvalue weighted by Crippen LogP contribution is -2.23. The van der Waals surface area contributed by atoms with E-state index in [0.717, 1.165) is 129 Å². The zero-order valence-corrected chi connectivity index (χ0v) is 53.0. The summed E-state index contributed by atoms with van der Waals surface area (Å²) in [5.74, 6) is -0.971. The first-order chi connectivity index (χ1) is 44.9. The van der Waals surface area contributed by atoms with E-state index in [0.29, 0.717) is 25.7 Å². The molecule has 0 spiro atoms. The highest BCUT2D eigenvalue weighted by molar-refractivity contribution is 5.92.